The van der Waals surface area contributed by atoms with Gasteiger partial charge in [0, 0.05) is 17.7 Å². The first-order chi connectivity index (χ1) is 17.6. The van der Waals surface area contributed by atoms with Crippen LogP contribution in [0.1, 0.15) is 36.0 Å². The summed E-state index contributed by atoms with van der Waals surface area (Å²) in [4.78, 5) is 32.2. The van der Waals surface area contributed by atoms with Gasteiger partial charge in [0.25, 0.3) is 0 Å². The van der Waals surface area contributed by atoms with Crippen LogP contribution in [0.3, 0.4) is 0 Å². The Kier molecular flexibility index (Phi) is 8.42. The van der Waals surface area contributed by atoms with Crippen molar-refractivity contribution in [2.24, 2.45) is 4.99 Å². The van der Waals surface area contributed by atoms with Crippen molar-refractivity contribution < 1.29 is 14.7 Å². The quantitative estimate of drug-likeness (QED) is 0.310. The van der Waals surface area contributed by atoms with Crippen molar-refractivity contribution in [2.45, 2.75) is 37.9 Å². The molecule has 0 unspecified atom stereocenters. The van der Waals surface area contributed by atoms with E-state index in [9.17, 15) is 14.7 Å². The van der Waals surface area contributed by atoms with Gasteiger partial charge in [-0.05, 0) is 37.4 Å². The fourth-order valence-corrected chi connectivity index (χ4v) is 4.56. The molecule has 6 heteroatoms. The lowest BCUT2D eigenvalue weighted by atomic mass is 9.99. The number of carboxylic acids is 1. The molecular weight excluding hydrogens is 450 g/mol. The zero-order valence-corrected chi connectivity index (χ0v) is 20.2. The highest BCUT2D eigenvalue weighted by molar-refractivity contribution is 6.17. The van der Waals surface area contributed by atoms with E-state index in [0.29, 0.717) is 17.0 Å². The molecule has 1 fully saturated rings. The molecule has 4 rings (SSSR count). The molecule has 1 amide bonds. The van der Waals surface area contributed by atoms with Gasteiger partial charge in [0.15, 0.2) is 6.04 Å². The van der Waals surface area contributed by atoms with Gasteiger partial charge >= 0.3 is 5.97 Å². The van der Waals surface area contributed by atoms with Crippen molar-refractivity contribution in [3.05, 3.63) is 114 Å². The molecule has 3 aromatic carbocycles. The highest BCUT2D eigenvalue weighted by Crippen LogP contribution is 2.25. The average Bonchev–Trinajstić information content (AvgIpc) is 3.36. The van der Waals surface area contributed by atoms with Gasteiger partial charge < -0.3 is 10.4 Å². The molecule has 184 valence electrons. The molecule has 2 N–H and O–H groups in total. The van der Waals surface area contributed by atoms with E-state index >= 15 is 0 Å². The Morgan fingerprint density at radius 2 is 1.69 bits per heavy atom. The molecule has 1 saturated heterocycles. The van der Waals surface area contributed by atoms with Gasteiger partial charge in [-0.15, -0.1) is 6.58 Å². The lowest BCUT2D eigenvalue weighted by Gasteiger charge is -2.24. The number of carboxylic acid groups (broad SMARTS) is 1. The number of aliphatic carboxylic acids is 1. The molecule has 0 saturated carbocycles. The first-order valence-electron chi connectivity index (χ1n) is 12.2. The van der Waals surface area contributed by atoms with Gasteiger partial charge in [-0.3, -0.25) is 14.7 Å². The molecule has 0 bridgehead atoms. The van der Waals surface area contributed by atoms with Crippen molar-refractivity contribution >= 4 is 23.3 Å². The summed E-state index contributed by atoms with van der Waals surface area (Å²) in [6, 6.07) is 25.8. The number of benzene rings is 3. The highest BCUT2D eigenvalue weighted by atomic mass is 16.4. The summed E-state index contributed by atoms with van der Waals surface area (Å²) in [5.74, 6) is -1.09. The predicted molar refractivity (Wildman–Crippen MR) is 143 cm³/mol. The maximum atomic E-state index is 13.5. The molecule has 0 spiro atoms. The Labute approximate surface area is 212 Å². The number of nitrogens with zero attached hydrogens (tertiary/aromatic N) is 2. The molecule has 1 heterocycles. The highest BCUT2D eigenvalue weighted by Gasteiger charge is 2.31. The summed E-state index contributed by atoms with van der Waals surface area (Å²) in [6.07, 6.45) is 3.52. The summed E-state index contributed by atoms with van der Waals surface area (Å²) in [5, 5.41) is 12.8. The van der Waals surface area contributed by atoms with Gasteiger partial charge in [0.1, 0.15) is 0 Å². The van der Waals surface area contributed by atoms with Crippen molar-refractivity contribution in [1.82, 2.24) is 4.90 Å². The standard InChI is InChI=1S/C30H31N3O3/c1-2-12-26(30(35)36)31-28(23-15-7-4-8-16-23)24-17-9-10-18-25(24)32-29(34)27-19-11-20-33(27)21-22-13-5-3-6-14-22/h2-10,13-18,26-27H,1,11-12,19-21H2,(H,32,34)(H,35,36)/t26-,27+/m1/s1. The second kappa shape index (κ2) is 12.1. The molecule has 3 aromatic rings. The van der Waals surface area contributed by atoms with Crippen molar-refractivity contribution in [1.29, 1.82) is 0 Å². The number of anilines is 1. The minimum absolute atomic E-state index is 0.0656. The van der Waals surface area contributed by atoms with Crippen LogP contribution in [0.5, 0.6) is 0 Å². The molecule has 0 radical (unpaired) electrons. The van der Waals surface area contributed by atoms with Crippen LogP contribution in [0.25, 0.3) is 0 Å². The SMILES string of the molecule is C=CC[C@@H](N=C(c1ccccc1)c1ccccc1NC(=O)[C@@H]1CCCN1Cc1ccccc1)C(=O)O. The summed E-state index contributed by atoms with van der Waals surface area (Å²) < 4.78 is 0. The zero-order chi connectivity index (χ0) is 25.3. The normalized spacial score (nSPS) is 16.9. The van der Waals surface area contributed by atoms with E-state index < -0.39 is 12.0 Å². The van der Waals surface area contributed by atoms with E-state index in [1.165, 1.54) is 5.56 Å². The van der Waals surface area contributed by atoms with Gasteiger partial charge in [0.2, 0.25) is 5.91 Å². The van der Waals surface area contributed by atoms with Crippen molar-refractivity contribution in [2.75, 3.05) is 11.9 Å². The molecular formula is C30H31N3O3. The number of amides is 1. The summed E-state index contributed by atoms with van der Waals surface area (Å²) in [5.41, 5.74) is 3.77. The molecule has 36 heavy (non-hydrogen) atoms. The Bertz CT molecular complexity index is 1220. The number of rotatable bonds is 10. The summed E-state index contributed by atoms with van der Waals surface area (Å²) in [6.45, 7) is 5.27. The maximum absolute atomic E-state index is 13.5. The zero-order valence-electron chi connectivity index (χ0n) is 20.2. The second-order valence-electron chi connectivity index (χ2n) is 8.87. The number of carbonyl (C=O) groups excluding carboxylic acids is 1. The van der Waals surface area contributed by atoms with Crippen LogP contribution in [0.4, 0.5) is 5.69 Å². The van der Waals surface area contributed by atoms with Gasteiger partial charge in [-0.25, -0.2) is 4.79 Å². The molecule has 6 nitrogen and oxygen atoms in total. The van der Waals surface area contributed by atoms with Crippen LogP contribution in [-0.2, 0) is 16.1 Å². The minimum Gasteiger partial charge on any atom is -0.480 e. The van der Waals surface area contributed by atoms with Gasteiger partial charge in [-0.1, -0.05) is 84.9 Å². The topological polar surface area (TPSA) is 82.0 Å². The van der Waals surface area contributed by atoms with Crippen molar-refractivity contribution in [3.63, 3.8) is 0 Å². The number of hydrogen-bond donors (Lipinski definition) is 2. The number of nitrogens with one attached hydrogen (secondary N) is 1. The molecule has 0 aromatic heterocycles. The number of hydrogen-bond acceptors (Lipinski definition) is 4. The Balaban J connectivity index is 1.64. The molecule has 0 aliphatic carbocycles. The summed E-state index contributed by atoms with van der Waals surface area (Å²) >= 11 is 0. The third-order valence-electron chi connectivity index (χ3n) is 6.34. The van der Waals surface area contributed by atoms with Crippen LogP contribution in [0, 0.1) is 0 Å². The lowest BCUT2D eigenvalue weighted by Crippen LogP contribution is -2.39. The Hall–Kier alpha value is -4.03. The third kappa shape index (κ3) is 6.15. The minimum atomic E-state index is -1.02. The van der Waals surface area contributed by atoms with Crippen LogP contribution >= 0.6 is 0 Å². The molecule has 1 aliphatic rings. The summed E-state index contributed by atoms with van der Waals surface area (Å²) in [7, 11) is 0. The van der Waals surface area contributed by atoms with E-state index in [-0.39, 0.29) is 18.4 Å². The first kappa shape index (κ1) is 25.1. The lowest BCUT2D eigenvalue weighted by molar-refractivity contribution is -0.138. The van der Waals surface area contributed by atoms with Crippen LogP contribution in [0.15, 0.2) is 103 Å². The third-order valence-corrected chi connectivity index (χ3v) is 6.34. The van der Waals surface area contributed by atoms with Gasteiger partial charge in [-0.2, -0.15) is 0 Å². The Morgan fingerprint density at radius 1 is 1.03 bits per heavy atom. The Morgan fingerprint density at radius 3 is 2.39 bits per heavy atom. The maximum Gasteiger partial charge on any atom is 0.328 e. The monoisotopic (exact) mass is 481 g/mol. The number of carbonyl (C=O) groups is 2. The number of para-hydroxylation sites is 1. The smallest absolute Gasteiger partial charge is 0.328 e. The number of aliphatic imine (C=N–C) groups is 1. The second-order valence-corrected chi connectivity index (χ2v) is 8.87. The van der Waals surface area contributed by atoms with E-state index in [4.69, 9.17) is 0 Å². The van der Waals surface area contributed by atoms with E-state index in [2.05, 4.69) is 33.9 Å². The van der Waals surface area contributed by atoms with E-state index in [1.807, 2.05) is 72.8 Å². The van der Waals surface area contributed by atoms with Gasteiger partial charge in [0.05, 0.1) is 17.4 Å². The number of likely N-dealkylation sites (tertiary alicyclic amines) is 1. The largest absolute Gasteiger partial charge is 0.480 e. The van der Waals surface area contributed by atoms with Crippen LogP contribution in [-0.4, -0.2) is 46.2 Å². The fourth-order valence-electron chi connectivity index (χ4n) is 4.56. The van der Waals surface area contributed by atoms with Crippen LogP contribution in [0.2, 0.25) is 0 Å². The first-order valence-corrected chi connectivity index (χ1v) is 12.2. The van der Waals surface area contributed by atoms with Crippen LogP contribution < -0.4 is 5.32 Å². The average molecular weight is 482 g/mol. The molecule has 1 aliphatic heterocycles. The molecule has 2 atom stereocenters. The van der Waals surface area contributed by atoms with E-state index in [0.717, 1.165) is 31.5 Å². The van der Waals surface area contributed by atoms with Crippen molar-refractivity contribution in [3.8, 4) is 0 Å². The fraction of sp³-hybridized carbons (Fsp3) is 0.233. The predicted octanol–water partition coefficient (Wildman–Crippen LogP) is 5.16. The van der Waals surface area contributed by atoms with E-state index in [1.54, 1.807) is 6.08 Å².